The minimum atomic E-state index is -0.393. The second-order valence-electron chi connectivity index (χ2n) is 4.38. The van der Waals surface area contributed by atoms with Gasteiger partial charge in [0.25, 0.3) is 5.91 Å². The number of nitrogens with zero attached hydrogens (tertiary/aromatic N) is 1. The van der Waals surface area contributed by atoms with Crippen molar-refractivity contribution in [2.75, 3.05) is 20.3 Å². The molecule has 0 unspecified atom stereocenters. The summed E-state index contributed by atoms with van der Waals surface area (Å²) >= 11 is 0. The molecule has 0 atom stereocenters. The predicted molar refractivity (Wildman–Crippen MR) is 71.5 cm³/mol. The fourth-order valence-electron chi connectivity index (χ4n) is 1.89. The minimum Gasteiger partial charge on any atom is -0.467 e. The van der Waals surface area contributed by atoms with Gasteiger partial charge in [-0.2, -0.15) is 0 Å². The Labute approximate surface area is 115 Å². The Morgan fingerprint density at radius 2 is 2.25 bits per heavy atom. The van der Waals surface area contributed by atoms with E-state index in [2.05, 4.69) is 9.97 Å². The summed E-state index contributed by atoms with van der Waals surface area (Å²) in [5.41, 5.74) is 0.384. The number of hydrogen-bond donors (Lipinski definition) is 2. The lowest BCUT2D eigenvalue weighted by molar-refractivity contribution is 0.0660. The van der Waals surface area contributed by atoms with E-state index in [1.54, 1.807) is 37.3 Å². The van der Waals surface area contributed by atoms with Crippen molar-refractivity contribution in [3.8, 4) is 0 Å². The summed E-state index contributed by atoms with van der Waals surface area (Å²) in [4.78, 5) is 30.3. The van der Waals surface area contributed by atoms with E-state index in [1.165, 1.54) is 0 Å². The van der Waals surface area contributed by atoms with Gasteiger partial charge in [0.2, 0.25) is 0 Å². The fourth-order valence-corrected chi connectivity index (χ4v) is 1.89. The van der Waals surface area contributed by atoms with Crippen LogP contribution in [0.5, 0.6) is 0 Å². The highest BCUT2D eigenvalue weighted by molar-refractivity contribution is 5.93. The van der Waals surface area contributed by atoms with Crippen molar-refractivity contribution in [1.29, 1.82) is 0 Å². The highest BCUT2D eigenvalue weighted by Gasteiger charge is 2.20. The molecule has 0 saturated carbocycles. The largest absolute Gasteiger partial charge is 0.467 e. The van der Waals surface area contributed by atoms with Crippen molar-refractivity contribution < 1.29 is 13.9 Å². The number of rotatable bonds is 6. The molecule has 0 aliphatic rings. The number of imidazole rings is 1. The molecule has 108 valence electrons. The zero-order valence-corrected chi connectivity index (χ0v) is 11.4. The molecule has 0 aromatic carbocycles. The average molecular weight is 279 g/mol. The van der Waals surface area contributed by atoms with Gasteiger partial charge in [0.05, 0.1) is 19.4 Å². The van der Waals surface area contributed by atoms with Gasteiger partial charge in [-0.05, 0) is 19.1 Å². The number of aryl methyl sites for hydroxylation is 1. The Bertz CT molecular complexity index is 612. The lowest BCUT2D eigenvalue weighted by Crippen LogP contribution is -2.34. The lowest BCUT2D eigenvalue weighted by atomic mass is 10.3. The third-order valence-electron chi connectivity index (χ3n) is 2.91. The predicted octanol–water partition coefficient (Wildman–Crippen LogP) is 0.893. The van der Waals surface area contributed by atoms with Crippen LogP contribution in [-0.2, 0) is 11.3 Å². The first kappa shape index (κ1) is 14.1. The van der Waals surface area contributed by atoms with Gasteiger partial charge in [-0.15, -0.1) is 0 Å². The number of H-pyrrole nitrogens is 2. The van der Waals surface area contributed by atoms with E-state index in [9.17, 15) is 9.59 Å². The summed E-state index contributed by atoms with van der Waals surface area (Å²) in [6.45, 7) is 2.80. The zero-order valence-electron chi connectivity index (χ0n) is 11.4. The smallest absolute Gasteiger partial charge is 0.323 e. The van der Waals surface area contributed by atoms with Crippen molar-refractivity contribution in [1.82, 2.24) is 14.9 Å². The number of aromatic nitrogens is 2. The highest BCUT2D eigenvalue weighted by Crippen LogP contribution is 2.10. The molecule has 1 amide bonds. The topological polar surface area (TPSA) is 91.3 Å². The van der Waals surface area contributed by atoms with Crippen molar-refractivity contribution in [2.24, 2.45) is 0 Å². The van der Waals surface area contributed by atoms with Crippen LogP contribution in [0.3, 0.4) is 0 Å². The second kappa shape index (κ2) is 6.25. The number of carbonyl (C=O) groups excluding carboxylic acids is 1. The van der Waals surface area contributed by atoms with Crippen LogP contribution in [0, 0.1) is 6.92 Å². The Balaban J connectivity index is 2.19. The molecule has 2 aromatic heterocycles. The van der Waals surface area contributed by atoms with Gasteiger partial charge in [0.15, 0.2) is 0 Å². The van der Waals surface area contributed by atoms with Crippen molar-refractivity contribution >= 4 is 5.91 Å². The summed E-state index contributed by atoms with van der Waals surface area (Å²) in [6, 6.07) is 3.55. The maximum absolute atomic E-state index is 12.4. The van der Waals surface area contributed by atoms with Gasteiger partial charge in [0.1, 0.15) is 11.5 Å². The standard InChI is InChI=1S/C13H17N3O4/c1-9-11(15-13(18)14-9)12(17)16(5-7-19-2)8-10-4-3-6-20-10/h3-4,6H,5,7-8H2,1-2H3,(H2,14,15,18). The van der Waals surface area contributed by atoms with Crippen molar-refractivity contribution in [2.45, 2.75) is 13.5 Å². The Morgan fingerprint density at radius 3 is 2.80 bits per heavy atom. The van der Waals surface area contributed by atoms with Crippen LogP contribution in [-0.4, -0.2) is 41.0 Å². The van der Waals surface area contributed by atoms with Crippen LogP contribution >= 0.6 is 0 Å². The summed E-state index contributed by atoms with van der Waals surface area (Å²) in [5.74, 6) is 0.402. The normalized spacial score (nSPS) is 10.7. The minimum absolute atomic E-state index is 0.262. The van der Waals surface area contributed by atoms with Gasteiger partial charge in [-0.25, -0.2) is 4.79 Å². The number of furan rings is 1. The SMILES string of the molecule is COCCN(Cc1ccco1)C(=O)c1[nH]c(=O)[nH]c1C. The zero-order chi connectivity index (χ0) is 14.5. The lowest BCUT2D eigenvalue weighted by Gasteiger charge is -2.20. The van der Waals surface area contributed by atoms with Crippen LogP contribution in [0.2, 0.25) is 0 Å². The maximum Gasteiger partial charge on any atom is 0.323 e. The molecular formula is C13H17N3O4. The number of aromatic amines is 2. The highest BCUT2D eigenvalue weighted by atomic mass is 16.5. The molecular weight excluding hydrogens is 262 g/mol. The Kier molecular flexibility index (Phi) is 4.41. The van der Waals surface area contributed by atoms with E-state index < -0.39 is 5.69 Å². The molecule has 0 fully saturated rings. The van der Waals surface area contributed by atoms with Crippen molar-refractivity contribution in [3.05, 3.63) is 46.0 Å². The molecule has 0 aliphatic carbocycles. The van der Waals surface area contributed by atoms with Gasteiger partial charge >= 0.3 is 5.69 Å². The third-order valence-corrected chi connectivity index (χ3v) is 2.91. The first-order valence-electron chi connectivity index (χ1n) is 6.21. The summed E-state index contributed by atoms with van der Waals surface area (Å²) in [5, 5.41) is 0. The maximum atomic E-state index is 12.4. The Morgan fingerprint density at radius 1 is 1.45 bits per heavy atom. The van der Waals surface area contributed by atoms with Crippen LogP contribution < -0.4 is 5.69 Å². The van der Waals surface area contributed by atoms with E-state index in [0.717, 1.165) is 0 Å². The van der Waals surface area contributed by atoms with E-state index in [0.29, 0.717) is 31.2 Å². The number of hydrogen-bond acceptors (Lipinski definition) is 4. The van der Waals surface area contributed by atoms with Crippen LogP contribution in [0.15, 0.2) is 27.6 Å². The van der Waals surface area contributed by atoms with Crippen LogP contribution in [0.25, 0.3) is 0 Å². The summed E-state index contributed by atoms with van der Waals surface area (Å²) < 4.78 is 10.3. The number of amides is 1. The molecule has 2 heterocycles. The summed E-state index contributed by atoms with van der Waals surface area (Å²) in [7, 11) is 1.57. The van der Waals surface area contributed by atoms with Gasteiger partial charge in [0, 0.05) is 19.3 Å². The molecule has 2 rings (SSSR count). The molecule has 0 bridgehead atoms. The number of carbonyl (C=O) groups is 1. The molecule has 0 radical (unpaired) electrons. The molecule has 20 heavy (non-hydrogen) atoms. The van der Waals surface area contributed by atoms with Crippen LogP contribution in [0.1, 0.15) is 21.9 Å². The Hall–Kier alpha value is -2.28. The molecule has 2 N–H and O–H groups in total. The number of ether oxygens (including phenoxy) is 1. The van der Waals surface area contributed by atoms with Crippen molar-refractivity contribution in [3.63, 3.8) is 0 Å². The average Bonchev–Trinajstić information content (AvgIpc) is 3.03. The second-order valence-corrected chi connectivity index (χ2v) is 4.38. The molecule has 2 aromatic rings. The molecule has 7 nitrogen and oxygen atoms in total. The van der Waals surface area contributed by atoms with Crippen LogP contribution in [0.4, 0.5) is 0 Å². The number of methoxy groups -OCH3 is 1. The number of nitrogens with one attached hydrogen (secondary N) is 2. The fraction of sp³-hybridized carbons (Fsp3) is 0.385. The quantitative estimate of drug-likeness (QED) is 0.821. The van der Waals surface area contributed by atoms with Gasteiger partial charge in [-0.3, -0.25) is 4.79 Å². The molecule has 0 aliphatic heterocycles. The van der Waals surface area contributed by atoms with E-state index in [-0.39, 0.29) is 11.6 Å². The first-order chi connectivity index (χ1) is 9.61. The first-order valence-corrected chi connectivity index (χ1v) is 6.21. The molecule has 0 saturated heterocycles. The van der Waals surface area contributed by atoms with E-state index in [4.69, 9.17) is 9.15 Å². The third kappa shape index (κ3) is 3.18. The van der Waals surface area contributed by atoms with Gasteiger partial charge < -0.3 is 24.0 Å². The molecule has 0 spiro atoms. The van der Waals surface area contributed by atoms with E-state index >= 15 is 0 Å². The van der Waals surface area contributed by atoms with Gasteiger partial charge in [-0.1, -0.05) is 0 Å². The molecule has 7 heteroatoms. The van der Waals surface area contributed by atoms with E-state index in [1.807, 2.05) is 0 Å². The summed E-state index contributed by atoms with van der Waals surface area (Å²) in [6.07, 6.45) is 1.55. The monoisotopic (exact) mass is 279 g/mol.